The Kier molecular flexibility index (Phi) is 2.44. The molecule has 0 spiro atoms. The van der Waals surface area contributed by atoms with E-state index in [-0.39, 0.29) is 11.9 Å². The fraction of sp³-hybridized carbons (Fsp3) is 0.875. The number of Topliss-reactive ketones (excluding diaryl/α,β-unsaturated/α-hetero) is 1. The van der Waals surface area contributed by atoms with Gasteiger partial charge in [0.2, 0.25) is 0 Å². The summed E-state index contributed by atoms with van der Waals surface area (Å²) in [5.74, 6) is 0.808. The van der Waals surface area contributed by atoms with Crippen LogP contribution in [0.2, 0.25) is 0 Å². The highest BCUT2D eigenvalue weighted by atomic mass is 16.5. The summed E-state index contributed by atoms with van der Waals surface area (Å²) in [4.78, 5) is 10.7. The van der Waals surface area contributed by atoms with Crippen LogP contribution in [0.5, 0.6) is 0 Å². The fourth-order valence-corrected chi connectivity index (χ4v) is 1.30. The maximum atomic E-state index is 10.7. The largest absolute Gasteiger partial charge is 0.377 e. The van der Waals surface area contributed by atoms with Gasteiger partial charge in [0, 0.05) is 13.0 Å². The van der Waals surface area contributed by atoms with Crippen molar-refractivity contribution < 1.29 is 9.53 Å². The molecule has 2 atom stereocenters. The maximum Gasteiger partial charge on any atom is 0.132 e. The zero-order valence-corrected chi connectivity index (χ0v) is 6.59. The van der Waals surface area contributed by atoms with Crippen LogP contribution in [-0.2, 0) is 9.53 Å². The molecule has 0 saturated carbocycles. The molecule has 0 N–H and O–H groups in total. The summed E-state index contributed by atoms with van der Waals surface area (Å²) in [5.41, 5.74) is 0. The lowest BCUT2D eigenvalue weighted by atomic mass is 10.0. The zero-order chi connectivity index (χ0) is 7.56. The Hall–Kier alpha value is -0.370. The van der Waals surface area contributed by atoms with Gasteiger partial charge in [0.05, 0.1) is 6.10 Å². The highest BCUT2D eigenvalue weighted by Gasteiger charge is 2.24. The van der Waals surface area contributed by atoms with Gasteiger partial charge in [-0.15, -0.1) is 0 Å². The molecule has 58 valence electrons. The van der Waals surface area contributed by atoms with Crippen molar-refractivity contribution in [3.05, 3.63) is 0 Å². The fourth-order valence-electron chi connectivity index (χ4n) is 1.30. The molecular weight excluding hydrogens is 128 g/mol. The van der Waals surface area contributed by atoms with Crippen molar-refractivity contribution in [1.29, 1.82) is 0 Å². The Morgan fingerprint density at radius 2 is 2.40 bits per heavy atom. The van der Waals surface area contributed by atoms with Gasteiger partial charge in [-0.3, -0.25) is 4.79 Å². The highest BCUT2D eigenvalue weighted by molar-refractivity contribution is 5.76. The number of hydrogen-bond acceptors (Lipinski definition) is 2. The smallest absolute Gasteiger partial charge is 0.132 e. The number of rotatable bonds is 2. The summed E-state index contributed by atoms with van der Waals surface area (Å²) in [5, 5.41) is 0. The van der Waals surface area contributed by atoms with Crippen molar-refractivity contribution in [2.45, 2.75) is 32.8 Å². The Morgan fingerprint density at radius 1 is 1.70 bits per heavy atom. The van der Waals surface area contributed by atoms with E-state index in [0.717, 1.165) is 13.0 Å². The Balaban J connectivity index is 2.33. The first-order valence-electron chi connectivity index (χ1n) is 3.81. The van der Waals surface area contributed by atoms with Gasteiger partial charge in [-0.25, -0.2) is 0 Å². The van der Waals surface area contributed by atoms with E-state index >= 15 is 0 Å². The van der Waals surface area contributed by atoms with E-state index in [0.29, 0.717) is 12.3 Å². The van der Waals surface area contributed by atoms with E-state index in [1.54, 1.807) is 6.92 Å². The predicted molar refractivity (Wildman–Crippen MR) is 38.8 cm³/mol. The first-order chi connectivity index (χ1) is 4.70. The lowest BCUT2D eigenvalue weighted by molar-refractivity contribution is -0.119. The Labute approximate surface area is 61.6 Å². The van der Waals surface area contributed by atoms with Crippen molar-refractivity contribution in [1.82, 2.24) is 0 Å². The van der Waals surface area contributed by atoms with Gasteiger partial charge in [-0.05, 0) is 19.3 Å². The van der Waals surface area contributed by atoms with E-state index in [9.17, 15) is 4.79 Å². The molecule has 1 fully saturated rings. The van der Waals surface area contributed by atoms with Crippen molar-refractivity contribution in [2.75, 3.05) is 6.61 Å². The monoisotopic (exact) mass is 142 g/mol. The summed E-state index contributed by atoms with van der Waals surface area (Å²) >= 11 is 0. The minimum atomic E-state index is 0.206. The summed E-state index contributed by atoms with van der Waals surface area (Å²) in [7, 11) is 0. The predicted octanol–water partition coefficient (Wildman–Crippen LogP) is 1.39. The average Bonchev–Trinajstić information content (AvgIpc) is 2.15. The standard InChI is InChI=1S/C8H14O2/c1-6-3-4-10-8(6)5-7(2)9/h6,8H,3-5H2,1-2H3/t6-,8-/m0/s1. The molecule has 10 heavy (non-hydrogen) atoms. The molecule has 1 rings (SSSR count). The molecule has 0 aromatic rings. The van der Waals surface area contributed by atoms with Gasteiger partial charge in [-0.1, -0.05) is 6.92 Å². The number of ketones is 1. The second-order valence-electron chi connectivity index (χ2n) is 3.08. The summed E-state index contributed by atoms with van der Waals surface area (Å²) in [6, 6.07) is 0. The Morgan fingerprint density at radius 3 is 2.80 bits per heavy atom. The second-order valence-corrected chi connectivity index (χ2v) is 3.08. The molecule has 0 unspecified atom stereocenters. The second kappa shape index (κ2) is 3.15. The number of carbonyl (C=O) groups is 1. The molecule has 1 saturated heterocycles. The van der Waals surface area contributed by atoms with Crippen LogP contribution in [0.3, 0.4) is 0 Å². The van der Waals surface area contributed by atoms with E-state index in [1.807, 2.05) is 0 Å². The lowest BCUT2D eigenvalue weighted by Crippen LogP contribution is -2.16. The van der Waals surface area contributed by atoms with E-state index in [4.69, 9.17) is 4.74 Å². The SMILES string of the molecule is CC(=O)C[C@@H]1OCC[C@@H]1C. The molecular formula is C8H14O2. The summed E-state index contributed by atoms with van der Waals surface area (Å²) in [6.45, 7) is 4.59. The third-order valence-electron chi connectivity index (χ3n) is 2.03. The Bertz CT molecular complexity index is 131. The number of hydrogen-bond donors (Lipinski definition) is 0. The van der Waals surface area contributed by atoms with Crippen LogP contribution in [0.1, 0.15) is 26.7 Å². The molecule has 0 radical (unpaired) electrons. The van der Waals surface area contributed by atoms with Crippen molar-refractivity contribution in [3.8, 4) is 0 Å². The summed E-state index contributed by atoms with van der Waals surface area (Å²) in [6.07, 6.45) is 1.91. The molecule has 2 nitrogen and oxygen atoms in total. The van der Waals surface area contributed by atoms with Gasteiger partial charge in [0.1, 0.15) is 5.78 Å². The zero-order valence-electron chi connectivity index (χ0n) is 6.59. The van der Waals surface area contributed by atoms with Crippen LogP contribution in [0.25, 0.3) is 0 Å². The van der Waals surface area contributed by atoms with Crippen molar-refractivity contribution in [2.24, 2.45) is 5.92 Å². The molecule has 1 heterocycles. The number of ether oxygens (including phenoxy) is 1. The molecule has 2 heteroatoms. The quantitative estimate of drug-likeness (QED) is 0.582. The van der Waals surface area contributed by atoms with Gasteiger partial charge < -0.3 is 4.74 Å². The molecule has 0 aliphatic carbocycles. The van der Waals surface area contributed by atoms with Gasteiger partial charge in [0.25, 0.3) is 0 Å². The first-order valence-corrected chi connectivity index (χ1v) is 3.81. The molecule has 1 aliphatic heterocycles. The summed E-state index contributed by atoms with van der Waals surface area (Å²) < 4.78 is 5.36. The van der Waals surface area contributed by atoms with Gasteiger partial charge >= 0.3 is 0 Å². The first kappa shape index (κ1) is 7.73. The van der Waals surface area contributed by atoms with Crippen LogP contribution in [0.4, 0.5) is 0 Å². The van der Waals surface area contributed by atoms with Crippen LogP contribution in [0, 0.1) is 5.92 Å². The molecule has 0 aromatic heterocycles. The number of carbonyl (C=O) groups excluding carboxylic acids is 1. The maximum absolute atomic E-state index is 10.7. The van der Waals surface area contributed by atoms with Gasteiger partial charge in [0.15, 0.2) is 0 Å². The van der Waals surface area contributed by atoms with Crippen LogP contribution in [-0.4, -0.2) is 18.5 Å². The van der Waals surface area contributed by atoms with E-state index < -0.39 is 0 Å². The molecule has 1 aliphatic rings. The van der Waals surface area contributed by atoms with Crippen molar-refractivity contribution in [3.63, 3.8) is 0 Å². The molecule has 0 aromatic carbocycles. The minimum Gasteiger partial charge on any atom is -0.377 e. The van der Waals surface area contributed by atoms with Crippen LogP contribution in [0.15, 0.2) is 0 Å². The van der Waals surface area contributed by atoms with E-state index in [2.05, 4.69) is 6.92 Å². The normalized spacial score (nSPS) is 32.6. The highest BCUT2D eigenvalue weighted by Crippen LogP contribution is 2.22. The topological polar surface area (TPSA) is 26.3 Å². The van der Waals surface area contributed by atoms with Crippen LogP contribution < -0.4 is 0 Å². The van der Waals surface area contributed by atoms with Crippen molar-refractivity contribution >= 4 is 5.78 Å². The van der Waals surface area contributed by atoms with E-state index in [1.165, 1.54) is 0 Å². The van der Waals surface area contributed by atoms with Crippen LogP contribution >= 0.6 is 0 Å². The van der Waals surface area contributed by atoms with Gasteiger partial charge in [-0.2, -0.15) is 0 Å². The third-order valence-corrected chi connectivity index (χ3v) is 2.03. The minimum absolute atomic E-state index is 0.206. The molecule has 0 bridgehead atoms. The average molecular weight is 142 g/mol. The lowest BCUT2D eigenvalue weighted by Gasteiger charge is -2.11. The third kappa shape index (κ3) is 1.81. The molecule has 0 amide bonds.